The van der Waals surface area contributed by atoms with Gasteiger partial charge in [0.1, 0.15) is 0 Å². The Morgan fingerprint density at radius 1 is 1.20 bits per heavy atom. The second kappa shape index (κ2) is 8.45. The molecule has 0 saturated heterocycles. The summed E-state index contributed by atoms with van der Waals surface area (Å²) in [7, 11) is 0. The van der Waals surface area contributed by atoms with E-state index in [2.05, 4.69) is 56.3 Å². The molecule has 1 N–H and O–H groups in total. The van der Waals surface area contributed by atoms with Gasteiger partial charge in [-0.3, -0.25) is 0 Å². The molecule has 1 aromatic carbocycles. The molecular weight excluding hydrogens is 316 g/mol. The monoisotopic (exact) mass is 338 g/mol. The average Bonchev–Trinajstić information content (AvgIpc) is 2.87. The average molecular weight is 339 g/mol. The maximum atomic E-state index is 5.32. The number of unbranched alkanes of at least 4 members (excludes halogenated alkanes) is 1. The van der Waals surface area contributed by atoms with Gasteiger partial charge in [-0.1, -0.05) is 22.0 Å². The number of ether oxygens (including phenoxy) is 1. The summed E-state index contributed by atoms with van der Waals surface area (Å²) in [5.74, 6) is 0. The van der Waals surface area contributed by atoms with Crippen LogP contribution >= 0.6 is 15.9 Å². The largest absolute Gasteiger partial charge is 0.382 e. The first-order chi connectivity index (χ1) is 9.83. The first-order valence-electron chi connectivity index (χ1n) is 7.34. The van der Waals surface area contributed by atoms with E-state index in [-0.39, 0.29) is 0 Å². The Balaban J connectivity index is 1.70. The number of rotatable bonds is 9. The van der Waals surface area contributed by atoms with E-state index in [4.69, 9.17) is 4.74 Å². The van der Waals surface area contributed by atoms with Gasteiger partial charge in [0.25, 0.3) is 0 Å². The molecular formula is C16H23BrN2O. The topological polar surface area (TPSA) is 26.2 Å². The Kier molecular flexibility index (Phi) is 6.57. The van der Waals surface area contributed by atoms with E-state index in [9.17, 15) is 0 Å². The van der Waals surface area contributed by atoms with E-state index in [0.717, 1.165) is 43.7 Å². The van der Waals surface area contributed by atoms with Crippen LogP contribution < -0.4 is 5.32 Å². The predicted octanol–water partition coefficient (Wildman–Crippen LogP) is 3.81. The summed E-state index contributed by atoms with van der Waals surface area (Å²) in [5, 5.41) is 4.77. The van der Waals surface area contributed by atoms with E-state index in [1.165, 1.54) is 17.3 Å². The van der Waals surface area contributed by atoms with Gasteiger partial charge in [-0.25, -0.2) is 0 Å². The van der Waals surface area contributed by atoms with Crippen LogP contribution in [0.5, 0.6) is 0 Å². The molecule has 0 atom stereocenters. The molecule has 2 aromatic rings. The second-order valence-corrected chi connectivity index (χ2v) is 5.69. The molecule has 2 rings (SSSR count). The molecule has 0 aliphatic rings. The van der Waals surface area contributed by atoms with E-state index < -0.39 is 0 Å². The standard InChI is InChI=1S/C16H23BrN2O/c1-2-20-13-4-3-9-18-10-12-19-11-8-14-15(17)6-5-7-16(14)19/h5-8,11,18H,2-4,9-10,12-13H2,1H3. The molecule has 20 heavy (non-hydrogen) atoms. The van der Waals surface area contributed by atoms with Crippen molar-refractivity contribution in [2.45, 2.75) is 26.3 Å². The quantitative estimate of drug-likeness (QED) is 0.703. The maximum absolute atomic E-state index is 5.32. The molecule has 1 aromatic heterocycles. The highest BCUT2D eigenvalue weighted by Crippen LogP contribution is 2.24. The summed E-state index contributed by atoms with van der Waals surface area (Å²) < 4.78 is 8.79. The molecule has 3 nitrogen and oxygen atoms in total. The molecule has 4 heteroatoms. The van der Waals surface area contributed by atoms with Crippen LogP contribution in [0.1, 0.15) is 19.8 Å². The molecule has 0 bridgehead atoms. The third kappa shape index (κ3) is 4.33. The van der Waals surface area contributed by atoms with E-state index in [1.54, 1.807) is 0 Å². The normalized spacial score (nSPS) is 11.3. The van der Waals surface area contributed by atoms with Gasteiger partial charge in [0.15, 0.2) is 0 Å². The number of fused-ring (bicyclic) bond motifs is 1. The fourth-order valence-corrected chi connectivity index (χ4v) is 2.79. The summed E-state index contributed by atoms with van der Waals surface area (Å²) in [6.45, 7) is 6.82. The van der Waals surface area contributed by atoms with Crippen LogP contribution in [0.4, 0.5) is 0 Å². The minimum atomic E-state index is 0.823. The first kappa shape index (κ1) is 15.5. The highest BCUT2D eigenvalue weighted by Gasteiger charge is 2.02. The van der Waals surface area contributed by atoms with Gasteiger partial charge in [0.2, 0.25) is 0 Å². The van der Waals surface area contributed by atoms with Gasteiger partial charge in [-0.05, 0) is 44.5 Å². The van der Waals surface area contributed by atoms with Crippen molar-refractivity contribution in [3.63, 3.8) is 0 Å². The zero-order valence-electron chi connectivity index (χ0n) is 12.1. The summed E-state index contributed by atoms with van der Waals surface area (Å²) in [6, 6.07) is 8.51. The third-order valence-corrected chi connectivity index (χ3v) is 4.08. The van der Waals surface area contributed by atoms with Gasteiger partial charge >= 0.3 is 0 Å². The summed E-state index contributed by atoms with van der Waals surface area (Å²) in [6.07, 6.45) is 4.48. The van der Waals surface area contributed by atoms with Gasteiger partial charge in [0.05, 0.1) is 0 Å². The maximum Gasteiger partial charge on any atom is 0.0492 e. The molecule has 0 spiro atoms. The van der Waals surface area contributed by atoms with Crippen molar-refractivity contribution < 1.29 is 4.74 Å². The van der Waals surface area contributed by atoms with Crippen molar-refractivity contribution >= 4 is 26.8 Å². The SMILES string of the molecule is CCOCCCCNCCn1ccc2c(Br)cccc21. The number of hydrogen-bond acceptors (Lipinski definition) is 2. The Hall–Kier alpha value is -0.840. The van der Waals surface area contributed by atoms with Crippen molar-refractivity contribution in [1.29, 1.82) is 0 Å². The summed E-state index contributed by atoms with van der Waals surface area (Å²) in [4.78, 5) is 0. The molecule has 0 fully saturated rings. The minimum absolute atomic E-state index is 0.823. The lowest BCUT2D eigenvalue weighted by atomic mass is 10.2. The molecule has 0 aliphatic heterocycles. The van der Waals surface area contributed by atoms with Crippen LogP contribution in [0.2, 0.25) is 0 Å². The van der Waals surface area contributed by atoms with E-state index in [1.807, 2.05) is 6.92 Å². The lowest BCUT2D eigenvalue weighted by Crippen LogP contribution is -2.21. The molecule has 1 heterocycles. The van der Waals surface area contributed by atoms with Crippen molar-refractivity contribution in [3.05, 3.63) is 34.9 Å². The van der Waals surface area contributed by atoms with Crippen LogP contribution in [-0.4, -0.2) is 30.9 Å². The van der Waals surface area contributed by atoms with E-state index in [0.29, 0.717) is 0 Å². The Morgan fingerprint density at radius 3 is 2.95 bits per heavy atom. The van der Waals surface area contributed by atoms with Crippen LogP contribution in [0, 0.1) is 0 Å². The molecule has 0 radical (unpaired) electrons. The zero-order valence-corrected chi connectivity index (χ0v) is 13.7. The predicted molar refractivity (Wildman–Crippen MR) is 88.2 cm³/mol. The third-order valence-electron chi connectivity index (χ3n) is 3.39. The zero-order chi connectivity index (χ0) is 14.2. The summed E-state index contributed by atoms with van der Waals surface area (Å²) >= 11 is 3.59. The first-order valence-corrected chi connectivity index (χ1v) is 8.14. The van der Waals surface area contributed by atoms with Crippen LogP contribution in [0.3, 0.4) is 0 Å². The van der Waals surface area contributed by atoms with Gasteiger partial charge < -0.3 is 14.6 Å². The Labute approximate surface area is 129 Å². The lowest BCUT2D eigenvalue weighted by molar-refractivity contribution is 0.143. The highest BCUT2D eigenvalue weighted by molar-refractivity contribution is 9.10. The number of halogens is 1. The number of benzene rings is 1. The fraction of sp³-hybridized carbons (Fsp3) is 0.500. The smallest absolute Gasteiger partial charge is 0.0492 e. The van der Waals surface area contributed by atoms with Crippen LogP contribution in [-0.2, 0) is 11.3 Å². The highest BCUT2D eigenvalue weighted by atomic mass is 79.9. The lowest BCUT2D eigenvalue weighted by Gasteiger charge is -2.08. The van der Waals surface area contributed by atoms with E-state index >= 15 is 0 Å². The minimum Gasteiger partial charge on any atom is -0.382 e. The molecule has 110 valence electrons. The summed E-state index contributed by atoms with van der Waals surface area (Å²) in [5.41, 5.74) is 1.29. The number of hydrogen-bond donors (Lipinski definition) is 1. The molecule has 0 amide bonds. The Bertz CT molecular complexity index is 524. The molecule has 0 unspecified atom stereocenters. The van der Waals surface area contributed by atoms with Crippen LogP contribution in [0.15, 0.2) is 34.9 Å². The van der Waals surface area contributed by atoms with Crippen LogP contribution in [0.25, 0.3) is 10.9 Å². The number of aromatic nitrogens is 1. The van der Waals surface area contributed by atoms with Gasteiger partial charge in [-0.15, -0.1) is 0 Å². The van der Waals surface area contributed by atoms with Crippen molar-refractivity contribution in [2.75, 3.05) is 26.3 Å². The van der Waals surface area contributed by atoms with Crippen molar-refractivity contribution in [3.8, 4) is 0 Å². The number of nitrogens with one attached hydrogen (secondary N) is 1. The van der Waals surface area contributed by atoms with Gasteiger partial charge in [-0.2, -0.15) is 0 Å². The second-order valence-electron chi connectivity index (χ2n) is 4.84. The Morgan fingerprint density at radius 2 is 2.10 bits per heavy atom. The fourth-order valence-electron chi connectivity index (χ4n) is 2.30. The van der Waals surface area contributed by atoms with Crippen molar-refractivity contribution in [1.82, 2.24) is 9.88 Å². The number of nitrogens with zero attached hydrogens (tertiary/aromatic N) is 1. The molecule has 0 aliphatic carbocycles. The van der Waals surface area contributed by atoms with Gasteiger partial charge in [0, 0.05) is 47.9 Å². The molecule has 0 saturated carbocycles. The van der Waals surface area contributed by atoms with Crippen molar-refractivity contribution in [2.24, 2.45) is 0 Å².